The monoisotopic (exact) mass is 505 g/mol. The minimum atomic E-state index is -0.581. The highest BCUT2D eigenvalue weighted by molar-refractivity contribution is 5.98. The zero-order valence-corrected chi connectivity index (χ0v) is 20.6. The maximum atomic E-state index is 14.2. The Morgan fingerprint density at radius 2 is 1.53 bits per heavy atom. The van der Waals surface area contributed by atoms with Gasteiger partial charge in [-0.3, -0.25) is 4.68 Å². The minimum Gasteiger partial charge on any atom is -0.508 e. The summed E-state index contributed by atoms with van der Waals surface area (Å²) in [6.45, 7) is 3.01. The van der Waals surface area contributed by atoms with Gasteiger partial charge in [-0.1, -0.05) is 60.7 Å². The van der Waals surface area contributed by atoms with E-state index < -0.39 is 5.82 Å². The Morgan fingerprint density at radius 3 is 2.26 bits per heavy atom. The number of phenolic OH excluding ortho intramolecular Hbond substituents is 1. The third-order valence-electron chi connectivity index (χ3n) is 6.58. The van der Waals surface area contributed by atoms with Gasteiger partial charge in [-0.25, -0.2) is 19.0 Å². The molecular weight excluding hydrogens is 481 g/mol. The molecule has 3 aromatic heterocycles. The maximum Gasteiger partial charge on any atom is 0.164 e. The first-order chi connectivity index (χ1) is 18.5. The molecule has 0 unspecified atom stereocenters. The molecule has 0 atom stereocenters. The normalized spacial score (nSPS) is 11.3. The molecule has 0 saturated carbocycles. The Morgan fingerprint density at radius 1 is 0.816 bits per heavy atom. The van der Waals surface area contributed by atoms with Gasteiger partial charge < -0.3 is 10.8 Å². The van der Waals surface area contributed by atoms with Gasteiger partial charge in [0.1, 0.15) is 29.4 Å². The average molecular weight is 506 g/mol. The zero-order valence-electron chi connectivity index (χ0n) is 20.6. The lowest BCUT2D eigenvalue weighted by molar-refractivity contribution is 0.469. The lowest BCUT2D eigenvalue weighted by Gasteiger charge is -2.07. The summed E-state index contributed by atoms with van der Waals surface area (Å²) in [7, 11) is 0. The van der Waals surface area contributed by atoms with Crippen molar-refractivity contribution >= 4 is 16.9 Å². The number of aromatic nitrogens is 6. The lowest BCUT2D eigenvalue weighted by atomic mass is 10.1. The van der Waals surface area contributed by atoms with Crippen LogP contribution in [0.15, 0.2) is 85.2 Å². The molecular formula is C29H24FN7O. The molecule has 0 radical (unpaired) electrons. The number of nitrogen functional groups attached to an aromatic ring is 1. The van der Waals surface area contributed by atoms with Crippen molar-refractivity contribution in [3.8, 4) is 28.3 Å². The van der Waals surface area contributed by atoms with E-state index in [1.165, 1.54) is 18.5 Å². The number of halogens is 1. The van der Waals surface area contributed by atoms with Crippen LogP contribution in [-0.2, 0) is 13.1 Å². The number of hydrogen-bond donors (Lipinski definition) is 2. The van der Waals surface area contributed by atoms with Crippen molar-refractivity contribution in [2.75, 3.05) is 5.73 Å². The molecule has 0 bridgehead atoms. The number of aromatic hydroxyl groups is 1. The third kappa shape index (κ3) is 4.24. The summed E-state index contributed by atoms with van der Waals surface area (Å²) in [5.74, 6) is -0.565. The van der Waals surface area contributed by atoms with Crippen molar-refractivity contribution in [3.63, 3.8) is 0 Å². The van der Waals surface area contributed by atoms with Crippen molar-refractivity contribution in [1.82, 2.24) is 29.5 Å². The van der Waals surface area contributed by atoms with Crippen molar-refractivity contribution in [3.05, 3.63) is 108 Å². The molecule has 188 valence electrons. The standard InChI is InChI=1S/C29H24FN7O/c1-18-24(26(20-10-6-3-7-11-20)34-36(18)15-19-8-4-2-5-9-19)16-37-29-25(28(31)32-17-33-29)27(35-37)21-12-22(30)14-23(38)13-21/h2-14,17,38H,15-16H2,1H3,(H2,31,32,33). The molecule has 0 fully saturated rings. The van der Waals surface area contributed by atoms with Crippen LogP contribution in [0.1, 0.15) is 16.8 Å². The van der Waals surface area contributed by atoms with Gasteiger partial charge >= 0.3 is 0 Å². The SMILES string of the molecule is Cc1c(Cn2nc(-c3cc(O)cc(F)c3)c3c(N)ncnc32)c(-c2ccccc2)nn1Cc1ccccc1. The number of rotatable bonds is 6. The molecule has 0 aliphatic rings. The van der Waals surface area contributed by atoms with Crippen LogP contribution in [0.2, 0.25) is 0 Å². The zero-order chi connectivity index (χ0) is 26.2. The predicted molar refractivity (Wildman–Crippen MR) is 144 cm³/mol. The molecule has 38 heavy (non-hydrogen) atoms. The molecule has 3 N–H and O–H groups in total. The molecule has 3 aromatic carbocycles. The summed E-state index contributed by atoms with van der Waals surface area (Å²) >= 11 is 0. The molecule has 0 aliphatic carbocycles. The Labute approximate surface area is 217 Å². The van der Waals surface area contributed by atoms with E-state index >= 15 is 0 Å². The Balaban J connectivity index is 1.51. The van der Waals surface area contributed by atoms with Crippen molar-refractivity contribution in [1.29, 1.82) is 0 Å². The van der Waals surface area contributed by atoms with Gasteiger partial charge in [-0.15, -0.1) is 0 Å². The summed E-state index contributed by atoms with van der Waals surface area (Å²) < 4.78 is 17.9. The molecule has 3 heterocycles. The van der Waals surface area contributed by atoms with Gasteiger partial charge in [-0.2, -0.15) is 10.2 Å². The fraction of sp³-hybridized carbons (Fsp3) is 0.103. The topological polar surface area (TPSA) is 108 Å². The van der Waals surface area contributed by atoms with Gasteiger partial charge in [0.05, 0.1) is 24.2 Å². The average Bonchev–Trinajstić information content (AvgIpc) is 3.44. The van der Waals surface area contributed by atoms with E-state index in [1.807, 2.05) is 60.1 Å². The third-order valence-corrected chi connectivity index (χ3v) is 6.58. The quantitative estimate of drug-likeness (QED) is 0.323. The fourth-order valence-electron chi connectivity index (χ4n) is 4.71. The molecule has 0 saturated heterocycles. The van der Waals surface area contributed by atoms with Crippen LogP contribution >= 0.6 is 0 Å². The van der Waals surface area contributed by atoms with Gasteiger partial charge in [0.2, 0.25) is 0 Å². The number of nitrogens with zero attached hydrogens (tertiary/aromatic N) is 6. The van der Waals surface area contributed by atoms with E-state index in [0.29, 0.717) is 35.4 Å². The van der Waals surface area contributed by atoms with E-state index in [1.54, 1.807) is 4.68 Å². The molecule has 0 spiro atoms. The first kappa shape index (κ1) is 23.4. The summed E-state index contributed by atoms with van der Waals surface area (Å²) in [5, 5.41) is 20.3. The first-order valence-corrected chi connectivity index (χ1v) is 12.1. The van der Waals surface area contributed by atoms with Crippen LogP contribution in [0.5, 0.6) is 5.75 Å². The summed E-state index contributed by atoms with van der Waals surface area (Å²) in [5.41, 5.74) is 12.5. The van der Waals surface area contributed by atoms with E-state index in [0.717, 1.165) is 34.1 Å². The molecule has 9 heteroatoms. The highest BCUT2D eigenvalue weighted by atomic mass is 19.1. The number of benzene rings is 3. The summed E-state index contributed by atoms with van der Waals surface area (Å²) in [6.07, 6.45) is 1.38. The second-order valence-corrected chi connectivity index (χ2v) is 9.08. The molecule has 6 rings (SSSR count). The predicted octanol–water partition coefficient (Wildman–Crippen LogP) is 5.19. The number of fused-ring (bicyclic) bond motifs is 1. The van der Waals surface area contributed by atoms with E-state index in [4.69, 9.17) is 15.9 Å². The highest BCUT2D eigenvalue weighted by Crippen LogP contribution is 2.34. The second kappa shape index (κ2) is 9.44. The van der Waals surface area contributed by atoms with Crippen LogP contribution in [0.4, 0.5) is 10.2 Å². The van der Waals surface area contributed by atoms with Gasteiger partial charge in [-0.05, 0) is 24.6 Å². The van der Waals surface area contributed by atoms with E-state index in [-0.39, 0.29) is 11.6 Å². The van der Waals surface area contributed by atoms with Gasteiger partial charge in [0.25, 0.3) is 0 Å². The number of anilines is 1. The Bertz CT molecular complexity index is 1740. The van der Waals surface area contributed by atoms with E-state index in [2.05, 4.69) is 22.1 Å². The van der Waals surface area contributed by atoms with Crippen molar-refractivity contribution in [2.24, 2.45) is 0 Å². The van der Waals surface area contributed by atoms with Gasteiger partial charge in [0.15, 0.2) is 5.65 Å². The minimum absolute atomic E-state index is 0.206. The Kier molecular flexibility index (Phi) is 5.80. The van der Waals surface area contributed by atoms with Crippen LogP contribution in [0.25, 0.3) is 33.5 Å². The summed E-state index contributed by atoms with van der Waals surface area (Å²) in [6, 6.07) is 23.9. The molecule has 0 amide bonds. The second-order valence-electron chi connectivity index (χ2n) is 9.08. The smallest absolute Gasteiger partial charge is 0.164 e. The Hall–Kier alpha value is -5.05. The van der Waals surface area contributed by atoms with Crippen molar-refractivity contribution < 1.29 is 9.50 Å². The van der Waals surface area contributed by atoms with E-state index in [9.17, 15) is 9.50 Å². The van der Waals surface area contributed by atoms with Gasteiger partial charge in [0, 0.05) is 28.5 Å². The number of phenols is 1. The van der Waals surface area contributed by atoms with Crippen molar-refractivity contribution in [2.45, 2.75) is 20.0 Å². The molecule has 0 aliphatic heterocycles. The van der Waals surface area contributed by atoms with Crippen LogP contribution in [0, 0.1) is 12.7 Å². The lowest BCUT2D eigenvalue weighted by Crippen LogP contribution is -2.07. The fourth-order valence-corrected chi connectivity index (χ4v) is 4.71. The number of hydrogen-bond acceptors (Lipinski definition) is 6. The molecule has 8 nitrogen and oxygen atoms in total. The number of nitrogens with two attached hydrogens (primary N) is 1. The van der Waals surface area contributed by atoms with Crippen LogP contribution < -0.4 is 5.73 Å². The van der Waals surface area contributed by atoms with Crippen LogP contribution in [-0.4, -0.2) is 34.6 Å². The highest BCUT2D eigenvalue weighted by Gasteiger charge is 2.22. The summed E-state index contributed by atoms with van der Waals surface area (Å²) in [4.78, 5) is 8.59. The molecule has 6 aromatic rings. The maximum absolute atomic E-state index is 14.2. The van der Waals surface area contributed by atoms with Crippen LogP contribution in [0.3, 0.4) is 0 Å². The first-order valence-electron chi connectivity index (χ1n) is 12.1. The largest absolute Gasteiger partial charge is 0.508 e.